The fourth-order valence-corrected chi connectivity index (χ4v) is 5.09. The van der Waals surface area contributed by atoms with E-state index in [-0.39, 0.29) is 0 Å². The van der Waals surface area contributed by atoms with Crippen LogP contribution in [0, 0.1) is 27.7 Å². The summed E-state index contributed by atoms with van der Waals surface area (Å²) in [5.74, 6) is 0. The molecule has 2 nitrogen and oxygen atoms in total. The number of nitrogens with zero attached hydrogens (tertiary/aromatic N) is 2. The predicted molar refractivity (Wildman–Crippen MR) is 160 cm³/mol. The zero-order valence-electron chi connectivity index (χ0n) is 23.0. The zero-order chi connectivity index (χ0) is 28.4. The number of hydrogen-bond donors (Lipinski definition) is 0. The number of benzene rings is 5. The van der Waals surface area contributed by atoms with Crippen LogP contribution in [-0.2, 0) is 6.18 Å². The van der Waals surface area contributed by atoms with E-state index in [0.717, 1.165) is 45.0 Å². The number of anilines is 6. The lowest BCUT2D eigenvalue weighted by Gasteiger charge is -2.32. The molecule has 0 heterocycles. The van der Waals surface area contributed by atoms with Crippen LogP contribution >= 0.6 is 0 Å². The van der Waals surface area contributed by atoms with Gasteiger partial charge in [0.15, 0.2) is 0 Å². The van der Waals surface area contributed by atoms with Crippen LogP contribution in [0.1, 0.15) is 27.8 Å². The summed E-state index contributed by atoms with van der Waals surface area (Å²) >= 11 is 0. The van der Waals surface area contributed by atoms with E-state index in [1.165, 1.54) is 12.1 Å². The molecule has 0 aliphatic carbocycles. The lowest BCUT2D eigenvalue weighted by Crippen LogP contribution is -2.18. The van der Waals surface area contributed by atoms with Crippen LogP contribution in [0.3, 0.4) is 0 Å². The molecule has 5 heteroatoms. The first-order valence-corrected chi connectivity index (χ1v) is 13.2. The molecule has 0 aromatic heterocycles. The van der Waals surface area contributed by atoms with Gasteiger partial charge in [-0.05, 0) is 92.4 Å². The summed E-state index contributed by atoms with van der Waals surface area (Å²) in [5.41, 5.74) is 7.26. The summed E-state index contributed by atoms with van der Waals surface area (Å²) in [6.07, 6.45) is -4.54. The molecule has 0 atom stereocenters. The molecule has 0 aliphatic rings. The van der Waals surface area contributed by atoms with Crippen LogP contribution in [0.15, 0.2) is 115 Å². The van der Waals surface area contributed by atoms with E-state index in [1.54, 1.807) is 0 Å². The average molecular weight is 537 g/mol. The van der Waals surface area contributed by atoms with Gasteiger partial charge in [-0.1, -0.05) is 72.8 Å². The van der Waals surface area contributed by atoms with Crippen molar-refractivity contribution in [3.8, 4) is 0 Å². The molecule has 0 N–H and O–H groups in total. The molecule has 0 unspecified atom stereocenters. The third-order valence-electron chi connectivity index (χ3n) is 7.17. The second-order valence-corrected chi connectivity index (χ2v) is 10.1. The van der Waals surface area contributed by atoms with Gasteiger partial charge >= 0.3 is 6.18 Å². The van der Waals surface area contributed by atoms with Crippen LogP contribution < -0.4 is 9.80 Å². The van der Waals surface area contributed by atoms with Crippen molar-refractivity contribution in [2.24, 2.45) is 0 Å². The number of alkyl halides is 3. The van der Waals surface area contributed by atoms with Gasteiger partial charge in [0.2, 0.25) is 0 Å². The average Bonchev–Trinajstić information content (AvgIpc) is 2.93. The molecule has 0 spiro atoms. The minimum Gasteiger partial charge on any atom is -0.310 e. The molecule has 5 rings (SSSR count). The fraction of sp³-hybridized carbons (Fsp3) is 0.143. The van der Waals surface area contributed by atoms with Gasteiger partial charge in [0.25, 0.3) is 0 Å². The molecular formula is C35H31F3N2. The number of aryl methyl sites for hydroxylation is 4. The molecule has 0 fully saturated rings. The van der Waals surface area contributed by atoms with Gasteiger partial charge in [-0.25, -0.2) is 0 Å². The Bertz CT molecular complexity index is 1450. The van der Waals surface area contributed by atoms with Crippen molar-refractivity contribution in [2.75, 3.05) is 9.80 Å². The van der Waals surface area contributed by atoms with E-state index in [0.29, 0.717) is 11.4 Å². The first-order valence-electron chi connectivity index (χ1n) is 13.2. The van der Waals surface area contributed by atoms with Crippen molar-refractivity contribution < 1.29 is 13.2 Å². The van der Waals surface area contributed by atoms with Crippen molar-refractivity contribution >= 4 is 34.1 Å². The predicted octanol–water partition coefficient (Wildman–Crippen LogP) is 10.9. The lowest BCUT2D eigenvalue weighted by molar-refractivity contribution is -0.137. The van der Waals surface area contributed by atoms with E-state index in [4.69, 9.17) is 0 Å². The summed E-state index contributed by atoms with van der Waals surface area (Å²) in [5, 5.41) is 0. The summed E-state index contributed by atoms with van der Waals surface area (Å²) in [7, 11) is 0. The van der Waals surface area contributed by atoms with Crippen molar-refractivity contribution in [1.82, 2.24) is 0 Å². The monoisotopic (exact) mass is 536 g/mol. The van der Waals surface area contributed by atoms with E-state index in [9.17, 15) is 13.2 Å². The molecule has 0 saturated carbocycles. The van der Waals surface area contributed by atoms with Crippen molar-refractivity contribution in [1.29, 1.82) is 0 Å². The highest BCUT2D eigenvalue weighted by atomic mass is 19.4. The van der Waals surface area contributed by atoms with Gasteiger partial charge in [0.1, 0.15) is 0 Å². The molecule has 40 heavy (non-hydrogen) atoms. The molecule has 0 bridgehead atoms. The maximum atomic E-state index is 14.6. The molecular weight excluding hydrogens is 505 g/mol. The van der Waals surface area contributed by atoms with Crippen LogP contribution in [0.5, 0.6) is 0 Å². The third kappa shape index (κ3) is 5.32. The quantitative estimate of drug-likeness (QED) is 0.213. The minimum absolute atomic E-state index is 0.431. The van der Waals surface area contributed by atoms with E-state index < -0.39 is 11.7 Å². The summed E-state index contributed by atoms with van der Waals surface area (Å²) in [6.45, 7) is 7.90. The number of hydrogen-bond acceptors (Lipinski definition) is 2. The van der Waals surface area contributed by atoms with Crippen LogP contribution in [-0.4, -0.2) is 0 Å². The molecule has 0 amide bonds. The summed E-state index contributed by atoms with van der Waals surface area (Å²) in [6, 6.07) is 35.4. The highest BCUT2D eigenvalue weighted by Crippen LogP contribution is 2.46. The Labute approximate surface area is 234 Å². The van der Waals surface area contributed by atoms with Crippen molar-refractivity contribution in [2.45, 2.75) is 33.9 Å². The van der Waals surface area contributed by atoms with Gasteiger partial charge in [-0.3, -0.25) is 0 Å². The summed E-state index contributed by atoms with van der Waals surface area (Å²) in [4.78, 5) is 3.86. The Hall–Kier alpha value is -4.51. The molecule has 5 aromatic rings. The Morgan fingerprint density at radius 3 is 0.950 bits per heavy atom. The smallest absolute Gasteiger partial charge is 0.310 e. The number of halogens is 3. The van der Waals surface area contributed by atoms with Gasteiger partial charge in [-0.2, -0.15) is 13.2 Å². The minimum atomic E-state index is -4.54. The maximum Gasteiger partial charge on any atom is 0.416 e. The Balaban J connectivity index is 1.84. The molecule has 0 radical (unpaired) electrons. The highest BCUT2D eigenvalue weighted by molar-refractivity contribution is 5.86. The van der Waals surface area contributed by atoms with Crippen LogP contribution in [0.4, 0.5) is 47.3 Å². The van der Waals surface area contributed by atoms with Gasteiger partial charge in [-0.15, -0.1) is 0 Å². The summed E-state index contributed by atoms with van der Waals surface area (Å²) < 4.78 is 43.7. The van der Waals surface area contributed by atoms with Gasteiger partial charge < -0.3 is 9.80 Å². The Kier molecular flexibility index (Phi) is 7.40. The van der Waals surface area contributed by atoms with E-state index in [2.05, 4.69) is 0 Å². The second kappa shape index (κ2) is 10.9. The standard InChI is InChI=1S/C35H31F3N2/c1-24-13-5-9-17-31(24)39(32-18-10-6-14-25(32)2)29-21-28(35(36,37)38)22-30(23-29)40(33-19-11-7-15-26(33)3)34-20-12-8-16-27(34)4/h5-23H,1-4H3. The van der Waals surface area contributed by atoms with Crippen molar-refractivity contribution in [3.05, 3.63) is 143 Å². The Morgan fingerprint density at radius 2 is 0.700 bits per heavy atom. The normalized spacial score (nSPS) is 11.4. The first-order chi connectivity index (χ1) is 19.1. The largest absolute Gasteiger partial charge is 0.416 e. The van der Waals surface area contributed by atoms with Crippen LogP contribution in [0.25, 0.3) is 0 Å². The van der Waals surface area contributed by atoms with E-state index in [1.807, 2.05) is 141 Å². The fourth-order valence-electron chi connectivity index (χ4n) is 5.09. The van der Waals surface area contributed by atoms with E-state index >= 15 is 0 Å². The molecule has 5 aromatic carbocycles. The van der Waals surface area contributed by atoms with Gasteiger partial charge in [0.05, 0.1) is 5.56 Å². The number of para-hydroxylation sites is 4. The molecule has 0 aliphatic heterocycles. The molecule has 202 valence electrons. The van der Waals surface area contributed by atoms with Crippen LogP contribution in [0.2, 0.25) is 0 Å². The lowest BCUT2D eigenvalue weighted by atomic mass is 10.0. The second-order valence-electron chi connectivity index (χ2n) is 10.1. The molecule has 0 saturated heterocycles. The highest BCUT2D eigenvalue weighted by Gasteiger charge is 2.33. The van der Waals surface area contributed by atoms with Gasteiger partial charge in [0, 0.05) is 34.1 Å². The maximum absolute atomic E-state index is 14.6. The Morgan fingerprint density at radius 1 is 0.425 bits per heavy atom. The first kappa shape index (κ1) is 27.1. The topological polar surface area (TPSA) is 6.48 Å². The third-order valence-corrected chi connectivity index (χ3v) is 7.17. The zero-order valence-corrected chi connectivity index (χ0v) is 23.0. The van der Waals surface area contributed by atoms with Crippen molar-refractivity contribution in [3.63, 3.8) is 0 Å². The SMILES string of the molecule is Cc1ccccc1N(c1cc(N(c2ccccc2C)c2ccccc2C)cc(C(F)(F)F)c1)c1ccccc1C. The number of rotatable bonds is 6.